The van der Waals surface area contributed by atoms with Crippen LogP contribution in [0, 0.1) is 5.92 Å². The van der Waals surface area contributed by atoms with Crippen molar-refractivity contribution in [3.63, 3.8) is 0 Å². The van der Waals surface area contributed by atoms with E-state index in [4.69, 9.17) is 4.74 Å². The third-order valence-corrected chi connectivity index (χ3v) is 4.75. The lowest BCUT2D eigenvalue weighted by Gasteiger charge is -2.42. The number of nitrogens with zero attached hydrogens (tertiary/aromatic N) is 2. The van der Waals surface area contributed by atoms with E-state index in [1.54, 1.807) is 12.1 Å². The van der Waals surface area contributed by atoms with Gasteiger partial charge in [-0.15, -0.1) is 0 Å². The van der Waals surface area contributed by atoms with Gasteiger partial charge in [0, 0.05) is 18.0 Å². The van der Waals surface area contributed by atoms with Gasteiger partial charge in [0.15, 0.2) is 6.04 Å². The molecule has 3 rings (SSSR count). The highest BCUT2D eigenvalue weighted by Crippen LogP contribution is 2.42. The topological polar surface area (TPSA) is 79.7 Å². The number of carboxylic acid groups (broad SMARTS) is 1. The van der Waals surface area contributed by atoms with Gasteiger partial charge in [-0.3, -0.25) is 14.7 Å². The smallest absolute Gasteiger partial charge is 0.328 e. The molecule has 0 radical (unpaired) electrons. The number of carbonyl (C=O) groups excluding carboxylic acids is 1. The highest BCUT2D eigenvalue weighted by Gasteiger charge is 2.53. The zero-order chi connectivity index (χ0) is 15.7. The second kappa shape index (κ2) is 5.68. The molecule has 1 saturated heterocycles. The third kappa shape index (κ3) is 2.47. The molecule has 1 aromatic heterocycles. The molecule has 22 heavy (non-hydrogen) atoms. The third-order valence-electron chi connectivity index (χ3n) is 4.75. The number of aromatic nitrogens is 1. The van der Waals surface area contributed by atoms with Crippen molar-refractivity contribution in [2.75, 3.05) is 6.61 Å². The van der Waals surface area contributed by atoms with Gasteiger partial charge < -0.3 is 9.84 Å². The van der Waals surface area contributed by atoms with Crippen molar-refractivity contribution in [2.24, 2.45) is 5.92 Å². The molecule has 1 amide bonds. The van der Waals surface area contributed by atoms with Crippen LogP contribution in [-0.2, 0) is 9.53 Å². The first kappa shape index (κ1) is 15.0. The first-order valence-corrected chi connectivity index (χ1v) is 7.64. The summed E-state index contributed by atoms with van der Waals surface area (Å²) >= 11 is 0. The molecule has 1 aliphatic carbocycles. The summed E-state index contributed by atoms with van der Waals surface area (Å²) in [4.78, 5) is 29.8. The summed E-state index contributed by atoms with van der Waals surface area (Å²) in [6.45, 7) is 2.23. The average molecular weight is 304 g/mol. The van der Waals surface area contributed by atoms with E-state index in [1.807, 2.05) is 0 Å². The average Bonchev–Trinajstić information content (AvgIpc) is 2.90. The normalized spacial score (nSPS) is 31.4. The number of carboxylic acids is 1. The van der Waals surface area contributed by atoms with Crippen LogP contribution in [0.5, 0.6) is 0 Å². The zero-order valence-electron chi connectivity index (χ0n) is 12.6. The van der Waals surface area contributed by atoms with Gasteiger partial charge in [0.2, 0.25) is 0 Å². The molecule has 6 nitrogen and oxygen atoms in total. The van der Waals surface area contributed by atoms with Crippen LogP contribution in [-0.4, -0.2) is 45.2 Å². The monoisotopic (exact) mass is 304 g/mol. The van der Waals surface area contributed by atoms with E-state index < -0.39 is 17.7 Å². The molecule has 2 aliphatic rings. The largest absolute Gasteiger partial charge is 0.480 e. The first-order chi connectivity index (χ1) is 10.5. The highest BCUT2D eigenvalue weighted by atomic mass is 16.5. The summed E-state index contributed by atoms with van der Waals surface area (Å²) in [6.07, 6.45) is 6.33. The minimum Gasteiger partial charge on any atom is -0.480 e. The lowest BCUT2D eigenvalue weighted by molar-refractivity contribution is -0.143. The molecule has 2 heterocycles. The number of hydrogen-bond donors (Lipinski definition) is 1. The van der Waals surface area contributed by atoms with Crippen molar-refractivity contribution in [3.8, 4) is 0 Å². The summed E-state index contributed by atoms with van der Waals surface area (Å²) in [6, 6.07) is 2.30. The predicted molar refractivity (Wildman–Crippen MR) is 78.1 cm³/mol. The van der Waals surface area contributed by atoms with E-state index >= 15 is 0 Å². The maximum atomic E-state index is 12.9. The standard InChI is InChI=1S/C16H20N2O4/c1-11-2-6-16(7-3-11)18(13(10-22-16)15(20)21)14(19)12-4-8-17-9-5-12/h4-5,8-9,11,13H,2-3,6-7,10H2,1H3,(H,20,21)/t11?,13-,16?/m0/s1. The van der Waals surface area contributed by atoms with Crippen molar-refractivity contribution in [1.29, 1.82) is 0 Å². The lowest BCUT2D eigenvalue weighted by Crippen LogP contribution is -2.55. The molecule has 1 atom stereocenters. The van der Waals surface area contributed by atoms with E-state index in [0.29, 0.717) is 24.3 Å². The molecule has 1 saturated carbocycles. The van der Waals surface area contributed by atoms with Crippen LogP contribution >= 0.6 is 0 Å². The van der Waals surface area contributed by atoms with E-state index in [1.165, 1.54) is 17.3 Å². The van der Waals surface area contributed by atoms with Crippen molar-refractivity contribution in [1.82, 2.24) is 9.88 Å². The molecule has 0 unspecified atom stereocenters. The van der Waals surface area contributed by atoms with Gasteiger partial charge in [-0.25, -0.2) is 4.79 Å². The van der Waals surface area contributed by atoms with Crippen molar-refractivity contribution < 1.29 is 19.4 Å². The van der Waals surface area contributed by atoms with Crippen LogP contribution in [0.15, 0.2) is 24.5 Å². The van der Waals surface area contributed by atoms with Gasteiger partial charge >= 0.3 is 5.97 Å². The fraction of sp³-hybridized carbons (Fsp3) is 0.562. The molecular weight excluding hydrogens is 284 g/mol. The molecule has 1 N–H and O–H groups in total. The lowest BCUT2D eigenvalue weighted by atomic mass is 9.83. The Kier molecular flexibility index (Phi) is 3.87. The molecule has 1 aromatic rings. The van der Waals surface area contributed by atoms with Crippen molar-refractivity contribution in [2.45, 2.75) is 44.4 Å². The number of amides is 1. The number of rotatable bonds is 2. The van der Waals surface area contributed by atoms with Crippen molar-refractivity contribution >= 4 is 11.9 Å². The van der Waals surface area contributed by atoms with Gasteiger partial charge in [0.05, 0.1) is 6.61 Å². The quantitative estimate of drug-likeness (QED) is 0.903. The Labute approximate surface area is 129 Å². The minimum absolute atomic E-state index is 0.0561. The number of aliphatic carboxylic acids is 1. The molecular formula is C16H20N2O4. The van der Waals surface area contributed by atoms with Crippen LogP contribution in [0.2, 0.25) is 0 Å². The van der Waals surface area contributed by atoms with Crippen LogP contribution in [0.4, 0.5) is 0 Å². The summed E-state index contributed by atoms with van der Waals surface area (Å²) in [5.74, 6) is -0.726. The maximum absolute atomic E-state index is 12.9. The van der Waals surface area contributed by atoms with Gasteiger partial charge in [0.1, 0.15) is 5.72 Å². The van der Waals surface area contributed by atoms with Crippen LogP contribution < -0.4 is 0 Å². The van der Waals surface area contributed by atoms with E-state index in [9.17, 15) is 14.7 Å². The molecule has 0 aromatic carbocycles. The van der Waals surface area contributed by atoms with Crippen LogP contribution in [0.1, 0.15) is 43.0 Å². The van der Waals surface area contributed by atoms with E-state index in [-0.39, 0.29) is 12.5 Å². The van der Waals surface area contributed by atoms with Gasteiger partial charge in [-0.1, -0.05) is 6.92 Å². The van der Waals surface area contributed by atoms with E-state index in [0.717, 1.165) is 12.8 Å². The molecule has 2 fully saturated rings. The van der Waals surface area contributed by atoms with Crippen molar-refractivity contribution in [3.05, 3.63) is 30.1 Å². The fourth-order valence-electron chi connectivity index (χ4n) is 3.40. The fourth-order valence-corrected chi connectivity index (χ4v) is 3.40. The highest BCUT2D eigenvalue weighted by molar-refractivity contribution is 5.97. The molecule has 6 heteroatoms. The second-order valence-corrected chi connectivity index (χ2v) is 6.20. The molecule has 1 aliphatic heterocycles. The van der Waals surface area contributed by atoms with E-state index in [2.05, 4.69) is 11.9 Å². The van der Waals surface area contributed by atoms with Gasteiger partial charge in [-0.2, -0.15) is 0 Å². The summed E-state index contributed by atoms with van der Waals surface area (Å²) < 4.78 is 5.87. The summed E-state index contributed by atoms with van der Waals surface area (Å²) in [7, 11) is 0. The Morgan fingerprint density at radius 2 is 1.95 bits per heavy atom. The van der Waals surface area contributed by atoms with Gasteiger partial charge in [0.25, 0.3) is 5.91 Å². The molecule has 0 bridgehead atoms. The summed E-state index contributed by atoms with van der Waals surface area (Å²) in [5.41, 5.74) is -0.319. The number of ether oxygens (including phenoxy) is 1. The van der Waals surface area contributed by atoms with Crippen LogP contribution in [0.25, 0.3) is 0 Å². The van der Waals surface area contributed by atoms with Gasteiger partial charge in [-0.05, 0) is 43.7 Å². The Hall–Kier alpha value is -1.95. The second-order valence-electron chi connectivity index (χ2n) is 6.20. The number of pyridine rings is 1. The number of hydrogen-bond acceptors (Lipinski definition) is 4. The Bertz CT molecular complexity index is 567. The molecule has 118 valence electrons. The minimum atomic E-state index is -1.02. The Morgan fingerprint density at radius 3 is 2.55 bits per heavy atom. The Morgan fingerprint density at radius 1 is 1.32 bits per heavy atom. The number of carbonyl (C=O) groups is 2. The summed E-state index contributed by atoms with van der Waals surface area (Å²) in [5, 5.41) is 9.46. The first-order valence-electron chi connectivity index (χ1n) is 7.64. The van der Waals surface area contributed by atoms with Crippen LogP contribution in [0.3, 0.4) is 0 Å². The zero-order valence-corrected chi connectivity index (χ0v) is 12.6. The molecule has 1 spiro atoms. The SMILES string of the molecule is CC1CCC2(CC1)OC[C@@H](C(=O)O)N2C(=O)c1ccncc1. The maximum Gasteiger partial charge on any atom is 0.328 e. The predicted octanol–water partition coefficient (Wildman–Crippen LogP) is 1.91. The Balaban J connectivity index is 1.94.